The van der Waals surface area contributed by atoms with Crippen LogP contribution in [0.4, 0.5) is 11.4 Å². The minimum atomic E-state index is -0.388. The number of carbonyl (C=O) groups is 1. The predicted octanol–water partition coefficient (Wildman–Crippen LogP) is 3.90. The van der Waals surface area contributed by atoms with Crippen LogP contribution in [0.25, 0.3) is 0 Å². The number of carbonyl (C=O) groups excluding carboxylic acids is 1. The highest BCUT2D eigenvalue weighted by molar-refractivity contribution is 5.84. The van der Waals surface area contributed by atoms with Crippen molar-refractivity contribution in [2.75, 3.05) is 4.90 Å². The van der Waals surface area contributed by atoms with Gasteiger partial charge < -0.3 is 10.2 Å². The van der Waals surface area contributed by atoms with Crippen LogP contribution in [0, 0.1) is 16.0 Å². The largest absolute Gasteiger partial charge is 0.363 e. The molecule has 2 atom stereocenters. The first-order valence-electron chi connectivity index (χ1n) is 9.12. The number of hydrogen-bond acceptors (Lipinski definition) is 4. The van der Waals surface area contributed by atoms with Gasteiger partial charge in [0.05, 0.1) is 10.8 Å². The fourth-order valence-corrected chi connectivity index (χ4v) is 3.24. The summed E-state index contributed by atoms with van der Waals surface area (Å²) in [4.78, 5) is 25.4. The van der Waals surface area contributed by atoms with Gasteiger partial charge in [-0.2, -0.15) is 0 Å². The molecule has 27 heavy (non-hydrogen) atoms. The molecule has 2 aromatic rings. The second-order valence-corrected chi connectivity index (χ2v) is 8.04. The summed E-state index contributed by atoms with van der Waals surface area (Å²) in [5.41, 5.74) is 1.65. The van der Waals surface area contributed by atoms with E-state index in [4.69, 9.17) is 0 Å². The number of nitrogens with one attached hydrogen (secondary N) is 1. The van der Waals surface area contributed by atoms with Crippen molar-refractivity contribution < 1.29 is 9.72 Å². The molecule has 0 bridgehead atoms. The van der Waals surface area contributed by atoms with Gasteiger partial charge >= 0.3 is 0 Å². The Kier molecular flexibility index (Phi) is 5.17. The number of nitro groups is 1. The smallest absolute Gasteiger partial charge is 0.271 e. The molecule has 1 N–H and O–H groups in total. The van der Waals surface area contributed by atoms with Crippen LogP contribution in [0.15, 0.2) is 54.6 Å². The molecule has 0 unspecified atom stereocenters. The first-order chi connectivity index (χ1) is 12.7. The Morgan fingerprint density at radius 3 is 2.52 bits per heavy atom. The highest BCUT2D eigenvalue weighted by Gasteiger charge is 2.47. The van der Waals surface area contributed by atoms with Crippen LogP contribution >= 0.6 is 0 Å². The monoisotopic (exact) mass is 367 g/mol. The highest BCUT2D eigenvalue weighted by Crippen LogP contribution is 2.40. The summed E-state index contributed by atoms with van der Waals surface area (Å²) >= 11 is 0. The molecular formula is C21H25N3O3. The molecule has 0 spiro atoms. The zero-order valence-corrected chi connectivity index (χ0v) is 15.9. The lowest BCUT2D eigenvalue weighted by atomic mass is 10.1. The van der Waals surface area contributed by atoms with Gasteiger partial charge in [0.2, 0.25) is 5.91 Å². The molecule has 0 aromatic heterocycles. The third-order valence-electron chi connectivity index (χ3n) is 4.56. The van der Waals surface area contributed by atoms with Gasteiger partial charge in [-0.3, -0.25) is 14.9 Å². The molecule has 1 aliphatic carbocycles. The van der Waals surface area contributed by atoms with Gasteiger partial charge in [-0.1, -0.05) is 36.4 Å². The van der Waals surface area contributed by atoms with E-state index in [9.17, 15) is 14.9 Å². The van der Waals surface area contributed by atoms with E-state index in [2.05, 4.69) is 10.2 Å². The first kappa shape index (κ1) is 18.9. The van der Waals surface area contributed by atoms with E-state index in [0.29, 0.717) is 6.54 Å². The van der Waals surface area contributed by atoms with Crippen molar-refractivity contribution in [2.45, 2.75) is 45.3 Å². The second-order valence-electron chi connectivity index (χ2n) is 8.04. The number of hydrogen-bond donors (Lipinski definition) is 1. The Bertz CT molecular complexity index is 830. The van der Waals surface area contributed by atoms with Gasteiger partial charge in [0.15, 0.2) is 0 Å². The fourth-order valence-electron chi connectivity index (χ4n) is 3.24. The topological polar surface area (TPSA) is 75.5 Å². The normalized spacial score (nSPS) is 18.6. The van der Waals surface area contributed by atoms with Gasteiger partial charge in [0, 0.05) is 35.9 Å². The maximum Gasteiger partial charge on any atom is 0.271 e. The van der Waals surface area contributed by atoms with Gasteiger partial charge in [0.1, 0.15) is 0 Å². The van der Waals surface area contributed by atoms with Gasteiger partial charge in [-0.25, -0.2) is 0 Å². The van der Waals surface area contributed by atoms with Crippen molar-refractivity contribution in [3.05, 3.63) is 70.3 Å². The molecule has 1 amide bonds. The third-order valence-corrected chi connectivity index (χ3v) is 4.56. The Balaban J connectivity index is 1.84. The molecule has 142 valence electrons. The van der Waals surface area contributed by atoms with E-state index in [-0.39, 0.29) is 34.0 Å². The lowest BCUT2D eigenvalue weighted by Gasteiger charge is -2.26. The number of benzene rings is 2. The van der Waals surface area contributed by atoms with Crippen molar-refractivity contribution >= 4 is 17.3 Å². The molecule has 0 heterocycles. The molecule has 1 aliphatic rings. The van der Waals surface area contributed by atoms with Crippen molar-refractivity contribution in [1.29, 1.82) is 0 Å². The molecular weight excluding hydrogens is 342 g/mol. The van der Waals surface area contributed by atoms with Crippen LogP contribution < -0.4 is 10.2 Å². The second kappa shape index (κ2) is 7.39. The average Bonchev–Trinajstić information content (AvgIpc) is 3.40. The van der Waals surface area contributed by atoms with E-state index in [1.54, 1.807) is 12.1 Å². The number of non-ortho nitro benzene ring substituents is 1. The zero-order valence-electron chi connectivity index (χ0n) is 15.9. The van der Waals surface area contributed by atoms with E-state index in [0.717, 1.165) is 17.7 Å². The number of anilines is 1. The van der Waals surface area contributed by atoms with Crippen molar-refractivity contribution in [3.8, 4) is 0 Å². The van der Waals surface area contributed by atoms with Crippen molar-refractivity contribution in [2.24, 2.45) is 5.92 Å². The lowest BCUT2D eigenvalue weighted by Crippen LogP contribution is -2.43. The van der Waals surface area contributed by atoms with Crippen LogP contribution in [-0.4, -0.2) is 22.4 Å². The number of rotatable bonds is 6. The van der Waals surface area contributed by atoms with Crippen LogP contribution in [0.5, 0.6) is 0 Å². The number of nitro benzene ring substituents is 1. The van der Waals surface area contributed by atoms with Crippen LogP contribution in [0.2, 0.25) is 0 Å². The van der Waals surface area contributed by atoms with Gasteiger partial charge in [-0.05, 0) is 38.8 Å². The summed E-state index contributed by atoms with van der Waals surface area (Å²) in [5.74, 6) is -0.0665. The van der Waals surface area contributed by atoms with E-state index >= 15 is 0 Å². The average molecular weight is 367 g/mol. The molecule has 3 rings (SSSR count). The minimum Gasteiger partial charge on any atom is -0.363 e. The summed E-state index contributed by atoms with van der Waals surface area (Å²) in [6, 6.07) is 16.6. The lowest BCUT2D eigenvalue weighted by molar-refractivity contribution is -0.384. The van der Waals surface area contributed by atoms with E-state index < -0.39 is 0 Å². The molecule has 1 saturated carbocycles. The van der Waals surface area contributed by atoms with Gasteiger partial charge in [-0.15, -0.1) is 0 Å². The minimum absolute atomic E-state index is 0.0366. The molecule has 6 nitrogen and oxygen atoms in total. The predicted molar refractivity (Wildman–Crippen MR) is 106 cm³/mol. The molecule has 6 heteroatoms. The standard InChI is InChI=1S/C21H25N3O3/c1-21(2,3)22-20(25)18-13-19(18)23(14-15-8-5-4-6-9-15)16-10-7-11-17(12-16)24(26)27/h4-12,18-19H,13-14H2,1-3H3,(H,22,25)/t18-,19-/m1/s1. The summed E-state index contributed by atoms with van der Waals surface area (Å²) in [6.07, 6.45) is 0.747. The Morgan fingerprint density at radius 2 is 1.89 bits per heavy atom. The van der Waals surface area contributed by atoms with Crippen LogP contribution in [-0.2, 0) is 11.3 Å². The SMILES string of the molecule is CC(C)(C)NC(=O)[C@@H]1C[C@H]1N(Cc1ccccc1)c1cccc([N+](=O)[O-])c1. The summed E-state index contributed by atoms with van der Waals surface area (Å²) in [7, 11) is 0. The molecule has 2 aromatic carbocycles. The molecule has 1 fully saturated rings. The quantitative estimate of drug-likeness (QED) is 0.620. The van der Waals surface area contributed by atoms with Gasteiger partial charge in [0.25, 0.3) is 5.69 Å². The molecule has 0 saturated heterocycles. The summed E-state index contributed by atoms with van der Waals surface area (Å²) < 4.78 is 0. The molecule has 0 aliphatic heterocycles. The third kappa shape index (κ3) is 4.84. The summed E-state index contributed by atoms with van der Waals surface area (Å²) in [6.45, 7) is 6.49. The molecule has 0 radical (unpaired) electrons. The summed E-state index contributed by atoms with van der Waals surface area (Å²) in [5, 5.41) is 14.2. The maximum absolute atomic E-state index is 12.5. The first-order valence-corrected chi connectivity index (χ1v) is 9.12. The van der Waals surface area contributed by atoms with E-state index in [1.807, 2.05) is 57.2 Å². The van der Waals surface area contributed by atoms with Crippen molar-refractivity contribution in [3.63, 3.8) is 0 Å². The Labute approximate surface area is 159 Å². The Hall–Kier alpha value is -2.89. The Morgan fingerprint density at radius 1 is 1.19 bits per heavy atom. The van der Waals surface area contributed by atoms with Crippen LogP contribution in [0.1, 0.15) is 32.8 Å². The van der Waals surface area contributed by atoms with Crippen molar-refractivity contribution in [1.82, 2.24) is 5.32 Å². The number of amides is 1. The highest BCUT2D eigenvalue weighted by atomic mass is 16.6. The van der Waals surface area contributed by atoms with E-state index in [1.165, 1.54) is 6.07 Å². The fraction of sp³-hybridized carbons (Fsp3) is 0.381. The maximum atomic E-state index is 12.5. The zero-order chi connectivity index (χ0) is 19.6. The number of nitrogens with zero attached hydrogens (tertiary/aromatic N) is 2. The van der Waals surface area contributed by atoms with Crippen LogP contribution in [0.3, 0.4) is 0 Å².